The van der Waals surface area contributed by atoms with Gasteiger partial charge in [-0.2, -0.15) is 0 Å². The van der Waals surface area contributed by atoms with Gasteiger partial charge in [0.25, 0.3) is 0 Å². The Morgan fingerprint density at radius 3 is 1.39 bits per heavy atom. The van der Waals surface area contributed by atoms with Crippen molar-refractivity contribution >= 4 is 96.9 Å². The van der Waals surface area contributed by atoms with Crippen molar-refractivity contribution in [2.45, 2.75) is 0 Å². The van der Waals surface area contributed by atoms with Gasteiger partial charge in [-0.15, -0.1) is 11.3 Å². The Hall–Kier alpha value is -8.18. The smallest absolute Gasteiger partial charge is 0.0562 e. The quantitative estimate of drug-likeness (QED) is 0.164. The molecule has 0 radical (unpaired) electrons. The van der Waals surface area contributed by atoms with Crippen molar-refractivity contribution in [3.8, 4) is 39.3 Å². The molecular weight excluding hydrogens is 795 g/mol. The van der Waals surface area contributed by atoms with Gasteiger partial charge in [-0.25, -0.2) is 0 Å². The minimum Gasteiger partial charge on any atom is -0.309 e. The molecule has 4 heterocycles. The molecule has 10 aromatic carbocycles. The summed E-state index contributed by atoms with van der Waals surface area (Å²) in [4.78, 5) is 0. The van der Waals surface area contributed by atoms with Crippen molar-refractivity contribution in [2.24, 2.45) is 0 Å². The number of hydrogen-bond acceptors (Lipinski definition) is 1. The third-order valence-electron chi connectivity index (χ3n) is 13.4. The van der Waals surface area contributed by atoms with Crippen LogP contribution in [0.5, 0.6) is 0 Å². The van der Waals surface area contributed by atoms with E-state index in [2.05, 4.69) is 238 Å². The second-order valence-electron chi connectivity index (χ2n) is 16.9. The van der Waals surface area contributed by atoms with E-state index in [1.54, 1.807) is 0 Å². The first-order valence-corrected chi connectivity index (χ1v) is 22.7. The minimum atomic E-state index is 1.13. The molecule has 0 bridgehead atoms. The summed E-state index contributed by atoms with van der Waals surface area (Å²) in [6, 6.07) is 82.8. The summed E-state index contributed by atoms with van der Waals surface area (Å²) in [5, 5.41) is 10.0. The molecule has 4 aromatic heterocycles. The van der Waals surface area contributed by atoms with E-state index in [1.165, 1.54) is 114 Å². The van der Waals surface area contributed by atoms with Crippen LogP contribution < -0.4 is 0 Å². The number of hydrogen-bond donors (Lipinski definition) is 0. The molecule has 0 N–H and O–H groups in total. The normalized spacial score (nSPS) is 12.1. The van der Waals surface area contributed by atoms with E-state index in [1.807, 2.05) is 11.3 Å². The van der Waals surface area contributed by atoms with Crippen molar-refractivity contribution in [1.29, 1.82) is 0 Å². The molecule has 0 aliphatic heterocycles. The molecule has 14 rings (SSSR count). The number of thiophene rings is 1. The fourth-order valence-corrected chi connectivity index (χ4v) is 11.9. The Morgan fingerprint density at radius 2 is 0.734 bits per heavy atom. The highest BCUT2D eigenvalue weighted by molar-refractivity contribution is 7.26. The Bertz CT molecular complexity index is 4140. The average molecular weight is 832 g/mol. The Labute approximate surface area is 372 Å². The van der Waals surface area contributed by atoms with Crippen molar-refractivity contribution < 1.29 is 0 Å². The first-order chi connectivity index (χ1) is 31.8. The predicted molar refractivity (Wildman–Crippen MR) is 273 cm³/mol. The van der Waals surface area contributed by atoms with Crippen LogP contribution in [0, 0.1) is 0 Å². The molecule has 64 heavy (non-hydrogen) atoms. The molecule has 0 amide bonds. The minimum absolute atomic E-state index is 1.13. The predicted octanol–water partition coefficient (Wildman–Crippen LogP) is 16.7. The van der Waals surface area contributed by atoms with E-state index in [4.69, 9.17) is 0 Å². The van der Waals surface area contributed by atoms with Crippen molar-refractivity contribution in [3.05, 3.63) is 224 Å². The van der Waals surface area contributed by atoms with E-state index in [0.29, 0.717) is 0 Å². The van der Waals surface area contributed by atoms with Gasteiger partial charge < -0.3 is 13.7 Å². The lowest BCUT2D eigenvalue weighted by Gasteiger charge is -2.16. The molecule has 3 nitrogen and oxygen atoms in total. The van der Waals surface area contributed by atoms with Crippen LogP contribution in [-0.2, 0) is 0 Å². The maximum Gasteiger partial charge on any atom is 0.0562 e. The highest BCUT2D eigenvalue weighted by atomic mass is 32.1. The van der Waals surface area contributed by atoms with Gasteiger partial charge in [0.2, 0.25) is 0 Å². The standard InChI is InChI=1S/C60H37N3S/c1-2-16-38(17-3-1)42-18-4-5-19-43(42)39-34-57(60-49-24-10-15-29-58(49)64-59(60)35-39)63-54-28-14-8-22-46(54)48-32-30-41(37-56(48)63)62-53-27-13-9-23-47(53)50-36-40(31-33-55(50)62)61-51-25-11-6-20-44(51)45-21-7-12-26-52(45)61/h1-37H. The van der Waals surface area contributed by atoms with Crippen LogP contribution in [0.15, 0.2) is 224 Å². The third-order valence-corrected chi connectivity index (χ3v) is 14.5. The zero-order chi connectivity index (χ0) is 41.9. The second-order valence-corrected chi connectivity index (χ2v) is 17.9. The van der Waals surface area contributed by atoms with Crippen molar-refractivity contribution in [2.75, 3.05) is 0 Å². The second kappa shape index (κ2) is 13.7. The Kier molecular flexibility index (Phi) is 7.56. The summed E-state index contributed by atoms with van der Waals surface area (Å²) in [6.07, 6.45) is 0. The molecule has 0 saturated carbocycles. The molecular formula is C60H37N3S. The summed E-state index contributed by atoms with van der Waals surface area (Å²) in [7, 11) is 0. The lowest BCUT2D eigenvalue weighted by Crippen LogP contribution is -1.98. The molecule has 0 atom stereocenters. The molecule has 0 saturated heterocycles. The Morgan fingerprint density at radius 1 is 0.266 bits per heavy atom. The zero-order valence-corrected chi connectivity index (χ0v) is 35.4. The number of aromatic nitrogens is 3. The summed E-state index contributed by atoms with van der Waals surface area (Å²) in [5.74, 6) is 0. The van der Waals surface area contributed by atoms with Gasteiger partial charge in [-0.1, -0.05) is 152 Å². The van der Waals surface area contributed by atoms with Gasteiger partial charge in [0.15, 0.2) is 0 Å². The summed E-state index contributed by atoms with van der Waals surface area (Å²) in [5.41, 5.74) is 15.5. The SMILES string of the molecule is c1ccc(-c2ccccc2-c2cc(-n3c4ccccc4c4ccc(-n5c6ccccc6c6cc(-n7c8ccccc8c8ccccc87)ccc65)cc43)c3c(c2)sc2ccccc23)cc1. The largest absolute Gasteiger partial charge is 0.309 e. The molecule has 0 spiro atoms. The van der Waals surface area contributed by atoms with Gasteiger partial charge >= 0.3 is 0 Å². The third kappa shape index (κ3) is 5.09. The van der Waals surface area contributed by atoms with Gasteiger partial charge in [0, 0.05) is 63.9 Å². The van der Waals surface area contributed by atoms with Crippen LogP contribution in [0.1, 0.15) is 0 Å². The van der Waals surface area contributed by atoms with Crippen LogP contribution in [0.4, 0.5) is 0 Å². The molecule has 0 aliphatic carbocycles. The van der Waals surface area contributed by atoms with Gasteiger partial charge in [0.1, 0.15) is 0 Å². The van der Waals surface area contributed by atoms with Crippen LogP contribution in [-0.4, -0.2) is 13.7 Å². The van der Waals surface area contributed by atoms with Crippen LogP contribution in [0.2, 0.25) is 0 Å². The highest BCUT2D eigenvalue weighted by Crippen LogP contribution is 2.45. The monoisotopic (exact) mass is 831 g/mol. The first-order valence-electron chi connectivity index (χ1n) is 21.9. The average Bonchev–Trinajstić information content (AvgIpc) is 4.10. The van der Waals surface area contributed by atoms with E-state index in [-0.39, 0.29) is 0 Å². The zero-order valence-electron chi connectivity index (χ0n) is 34.6. The van der Waals surface area contributed by atoms with Crippen molar-refractivity contribution in [3.63, 3.8) is 0 Å². The van der Waals surface area contributed by atoms with E-state index >= 15 is 0 Å². The molecule has 0 aliphatic rings. The van der Waals surface area contributed by atoms with E-state index < -0.39 is 0 Å². The first kappa shape index (κ1) is 35.4. The van der Waals surface area contributed by atoms with Crippen LogP contribution in [0.3, 0.4) is 0 Å². The Balaban J connectivity index is 1.04. The summed E-state index contributed by atoms with van der Waals surface area (Å²) < 4.78 is 9.99. The fraction of sp³-hybridized carbons (Fsp3) is 0. The molecule has 4 heteroatoms. The van der Waals surface area contributed by atoms with E-state index in [0.717, 1.165) is 11.4 Å². The molecule has 14 aromatic rings. The topological polar surface area (TPSA) is 14.8 Å². The van der Waals surface area contributed by atoms with Gasteiger partial charge in [-0.3, -0.25) is 0 Å². The number of fused-ring (bicyclic) bond motifs is 12. The fourth-order valence-electron chi connectivity index (χ4n) is 10.7. The lowest BCUT2D eigenvalue weighted by atomic mass is 9.93. The van der Waals surface area contributed by atoms with Gasteiger partial charge in [-0.05, 0) is 95.1 Å². The number of para-hydroxylation sites is 4. The number of benzene rings is 10. The highest BCUT2D eigenvalue weighted by Gasteiger charge is 2.22. The number of rotatable bonds is 5. The number of nitrogens with zero attached hydrogens (tertiary/aromatic N) is 3. The maximum atomic E-state index is 2.54. The van der Waals surface area contributed by atoms with Crippen LogP contribution >= 0.6 is 11.3 Å². The summed E-state index contributed by atoms with van der Waals surface area (Å²) >= 11 is 1.88. The van der Waals surface area contributed by atoms with Crippen molar-refractivity contribution in [1.82, 2.24) is 13.7 Å². The lowest BCUT2D eigenvalue weighted by molar-refractivity contribution is 1.16. The maximum absolute atomic E-state index is 2.54. The molecule has 0 unspecified atom stereocenters. The van der Waals surface area contributed by atoms with Crippen LogP contribution in [0.25, 0.3) is 125 Å². The molecule has 0 fully saturated rings. The molecule has 298 valence electrons. The van der Waals surface area contributed by atoms with Gasteiger partial charge in [0.05, 0.1) is 38.8 Å². The van der Waals surface area contributed by atoms with E-state index in [9.17, 15) is 0 Å². The summed E-state index contributed by atoms with van der Waals surface area (Å²) in [6.45, 7) is 0.